The highest BCUT2D eigenvalue weighted by Crippen LogP contribution is 2.29. The second kappa shape index (κ2) is 5.62. The number of benzene rings is 1. The Morgan fingerprint density at radius 2 is 1.94 bits per heavy atom. The average Bonchev–Trinajstić information content (AvgIpc) is 2.36. The van der Waals surface area contributed by atoms with E-state index in [-0.39, 0.29) is 0 Å². The van der Waals surface area contributed by atoms with Crippen molar-refractivity contribution in [2.45, 2.75) is 46.2 Å². The van der Waals surface area contributed by atoms with E-state index in [0.717, 1.165) is 13.1 Å². The maximum absolute atomic E-state index is 3.65. The molecule has 1 aromatic carbocycles. The van der Waals surface area contributed by atoms with E-state index in [1.807, 2.05) is 0 Å². The number of hydrogen-bond donors (Lipinski definition) is 1. The normalized spacial score (nSPS) is 24.4. The third-order valence-corrected chi connectivity index (χ3v) is 5.15. The summed E-state index contributed by atoms with van der Waals surface area (Å²) >= 11 is 3.65. The third-order valence-electron chi connectivity index (χ3n) is 3.90. The molecule has 18 heavy (non-hydrogen) atoms. The highest BCUT2D eigenvalue weighted by Gasteiger charge is 2.24. The van der Waals surface area contributed by atoms with E-state index in [1.165, 1.54) is 27.7 Å². The second-order valence-corrected chi connectivity index (χ2v) is 6.20. The van der Waals surface area contributed by atoms with Crippen LogP contribution in [0.1, 0.15) is 31.4 Å². The van der Waals surface area contributed by atoms with E-state index >= 15 is 0 Å². The van der Waals surface area contributed by atoms with Crippen LogP contribution in [0.15, 0.2) is 16.6 Å². The van der Waals surface area contributed by atoms with E-state index in [2.05, 4.69) is 66.0 Å². The predicted octanol–water partition coefficient (Wildman–Crippen LogP) is 3.64. The van der Waals surface area contributed by atoms with Crippen LogP contribution in [0.2, 0.25) is 0 Å². The standard InChI is InChI=1S/C15H23BrN2/c1-5-13-9-18(12(4)8-17-13)14-6-10(2)15(16)11(3)7-14/h6-7,12-13,17H,5,8-9H2,1-4H3. The van der Waals surface area contributed by atoms with Crippen LogP contribution < -0.4 is 10.2 Å². The predicted molar refractivity (Wildman–Crippen MR) is 82.5 cm³/mol. The molecule has 0 bridgehead atoms. The Balaban J connectivity index is 2.29. The van der Waals surface area contributed by atoms with E-state index in [1.54, 1.807) is 0 Å². The molecule has 0 radical (unpaired) electrons. The van der Waals surface area contributed by atoms with Crippen molar-refractivity contribution in [1.29, 1.82) is 0 Å². The number of rotatable bonds is 2. The molecule has 2 nitrogen and oxygen atoms in total. The van der Waals surface area contributed by atoms with Crippen LogP contribution in [0.5, 0.6) is 0 Å². The summed E-state index contributed by atoms with van der Waals surface area (Å²) in [6.45, 7) is 11.1. The molecule has 1 heterocycles. The first-order chi connectivity index (χ1) is 8.52. The molecule has 0 aromatic heterocycles. The Morgan fingerprint density at radius 3 is 2.50 bits per heavy atom. The van der Waals surface area contributed by atoms with Gasteiger partial charge in [-0.3, -0.25) is 0 Å². The number of piperazine rings is 1. The Hall–Kier alpha value is -0.540. The van der Waals surface area contributed by atoms with E-state index in [4.69, 9.17) is 0 Å². The summed E-state index contributed by atoms with van der Waals surface area (Å²) < 4.78 is 1.24. The first-order valence-electron chi connectivity index (χ1n) is 6.79. The molecule has 1 aliphatic rings. The lowest BCUT2D eigenvalue weighted by Gasteiger charge is -2.40. The number of nitrogens with zero attached hydrogens (tertiary/aromatic N) is 1. The summed E-state index contributed by atoms with van der Waals surface area (Å²) in [5.41, 5.74) is 4.01. The number of nitrogens with one attached hydrogen (secondary N) is 1. The Kier molecular flexibility index (Phi) is 4.33. The van der Waals surface area contributed by atoms with Gasteiger partial charge in [-0.1, -0.05) is 22.9 Å². The summed E-state index contributed by atoms with van der Waals surface area (Å²) in [6.07, 6.45) is 1.19. The SMILES string of the molecule is CCC1CN(c2cc(C)c(Br)c(C)c2)C(C)CN1. The molecule has 1 aliphatic heterocycles. The highest BCUT2D eigenvalue weighted by atomic mass is 79.9. The van der Waals surface area contributed by atoms with Gasteiger partial charge in [0.1, 0.15) is 0 Å². The zero-order chi connectivity index (χ0) is 13.3. The minimum absolute atomic E-state index is 0.563. The zero-order valence-corrected chi connectivity index (χ0v) is 13.3. The van der Waals surface area contributed by atoms with Crippen molar-refractivity contribution in [3.8, 4) is 0 Å². The molecule has 1 saturated heterocycles. The van der Waals surface area contributed by atoms with Gasteiger partial charge >= 0.3 is 0 Å². The van der Waals surface area contributed by atoms with Crippen LogP contribution in [0, 0.1) is 13.8 Å². The zero-order valence-electron chi connectivity index (χ0n) is 11.8. The minimum Gasteiger partial charge on any atom is -0.366 e. The van der Waals surface area contributed by atoms with Crippen molar-refractivity contribution in [3.63, 3.8) is 0 Å². The van der Waals surface area contributed by atoms with Crippen molar-refractivity contribution in [2.24, 2.45) is 0 Å². The fraction of sp³-hybridized carbons (Fsp3) is 0.600. The number of halogens is 1. The van der Waals surface area contributed by atoms with E-state index in [0.29, 0.717) is 12.1 Å². The maximum Gasteiger partial charge on any atom is 0.0387 e. The van der Waals surface area contributed by atoms with Gasteiger partial charge < -0.3 is 10.2 Å². The van der Waals surface area contributed by atoms with Gasteiger partial charge in [-0.2, -0.15) is 0 Å². The first-order valence-corrected chi connectivity index (χ1v) is 7.59. The van der Waals surface area contributed by atoms with Crippen molar-refractivity contribution in [1.82, 2.24) is 5.32 Å². The molecule has 0 amide bonds. The lowest BCUT2D eigenvalue weighted by molar-refractivity contribution is 0.397. The van der Waals surface area contributed by atoms with Gasteiger partial charge in [-0.05, 0) is 50.5 Å². The summed E-state index contributed by atoms with van der Waals surface area (Å²) in [7, 11) is 0. The molecular formula is C15H23BrN2. The lowest BCUT2D eigenvalue weighted by atomic mass is 10.0. The molecule has 3 heteroatoms. The third kappa shape index (κ3) is 2.72. The average molecular weight is 311 g/mol. The van der Waals surface area contributed by atoms with Crippen LogP contribution in [-0.4, -0.2) is 25.2 Å². The molecule has 2 rings (SSSR count). The largest absolute Gasteiger partial charge is 0.366 e. The smallest absolute Gasteiger partial charge is 0.0387 e. The molecule has 1 fully saturated rings. The van der Waals surface area contributed by atoms with Gasteiger partial charge in [-0.15, -0.1) is 0 Å². The number of hydrogen-bond acceptors (Lipinski definition) is 2. The van der Waals surface area contributed by atoms with E-state index < -0.39 is 0 Å². The maximum atomic E-state index is 3.65. The van der Waals surface area contributed by atoms with Crippen molar-refractivity contribution in [2.75, 3.05) is 18.0 Å². The Morgan fingerprint density at radius 1 is 1.33 bits per heavy atom. The Bertz CT molecular complexity index is 407. The van der Waals surface area contributed by atoms with Crippen LogP contribution in [0.25, 0.3) is 0 Å². The van der Waals surface area contributed by atoms with Crippen molar-refractivity contribution in [3.05, 3.63) is 27.7 Å². The summed E-state index contributed by atoms with van der Waals surface area (Å²) in [6, 6.07) is 5.77. The molecule has 2 atom stereocenters. The summed E-state index contributed by atoms with van der Waals surface area (Å²) in [4.78, 5) is 2.54. The molecule has 1 N–H and O–H groups in total. The van der Waals surface area contributed by atoms with Gasteiger partial charge in [0, 0.05) is 35.3 Å². The fourth-order valence-electron chi connectivity index (χ4n) is 2.65. The van der Waals surface area contributed by atoms with Gasteiger partial charge in [0.15, 0.2) is 0 Å². The van der Waals surface area contributed by atoms with Crippen molar-refractivity contribution < 1.29 is 0 Å². The van der Waals surface area contributed by atoms with Gasteiger partial charge in [0.05, 0.1) is 0 Å². The molecule has 1 aromatic rings. The van der Waals surface area contributed by atoms with Crippen molar-refractivity contribution >= 4 is 21.6 Å². The second-order valence-electron chi connectivity index (χ2n) is 5.41. The van der Waals surface area contributed by atoms with Gasteiger partial charge in [0.25, 0.3) is 0 Å². The Labute approximate surface area is 119 Å². The molecule has 0 saturated carbocycles. The topological polar surface area (TPSA) is 15.3 Å². The number of anilines is 1. The molecule has 0 spiro atoms. The minimum atomic E-state index is 0.563. The summed E-state index contributed by atoms with van der Waals surface area (Å²) in [5.74, 6) is 0. The number of aryl methyl sites for hydroxylation is 2. The fourth-order valence-corrected chi connectivity index (χ4v) is 2.88. The summed E-state index contributed by atoms with van der Waals surface area (Å²) in [5, 5.41) is 3.61. The van der Waals surface area contributed by atoms with Gasteiger partial charge in [0.2, 0.25) is 0 Å². The van der Waals surface area contributed by atoms with Crippen LogP contribution in [-0.2, 0) is 0 Å². The molecule has 0 aliphatic carbocycles. The van der Waals surface area contributed by atoms with Gasteiger partial charge in [-0.25, -0.2) is 0 Å². The van der Waals surface area contributed by atoms with E-state index in [9.17, 15) is 0 Å². The monoisotopic (exact) mass is 310 g/mol. The quantitative estimate of drug-likeness (QED) is 0.897. The molecule has 100 valence electrons. The lowest BCUT2D eigenvalue weighted by Crippen LogP contribution is -2.55. The molecule has 2 unspecified atom stereocenters. The highest BCUT2D eigenvalue weighted by molar-refractivity contribution is 9.10. The first kappa shape index (κ1) is 13.9. The van der Waals surface area contributed by atoms with Crippen LogP contribution >= 0.6 is 15.9 Å². The van der Waals surface area contributed by atoms with Crippen LogP contribution in [0.3, 0.4) is 0 Å². The molecular weight excluding hydrogens is 288 g/mol. The van der Waals surface area contributed by atoms with Crippen LogP contribution in [0.4, 0.5) is 5.69 Å².